The smallest absolute Gasteiger partial charge is 0.292 e. The van der Waals surface area contributed by atoms with Crippen molar-refractivity contribution in [3.05, 3.63) is 5.82 Å². The van der Waals surface area contributed by atoms with E-state index in [9.17, 15) is 4.79 Å². The maximum atomic E-state index is 11.3. The zero-order valence-electron chi connectivity index (χ0n) is 9.10. The molecule has 0 aliphatic heterocycles. The van der Waals surface area contributed by atoms with E-state index in [1.807, 2.05) is 0 Å². The molecular formula is C8H15N5O3. The molecule has 0 saturated heterocycles. The van der Waals surface area contributed by atoms with Crippen molar-refractivity contribution < 1.29 is 14.3 Å². The van der Waals surface area contributed by atoms with E-state index in [0.29, 0.717) is 26.4 Å². The van der Waals surface area contributed by atoms with Crippen molar-refractivity contribution >= 4 is 5.91 Å². The molecule has 0 radical (unpaired) electrons. The van der Waals surface area contributed by atoms with Gasteiger partial charge < -0.3 is 14.8 Å². The summed E-state index contributed by atoms with van der Waals surface area (Å²) in [6.07, 6.45) is 0.729. The topological polar surface area (TPSA) is 102 Å². The van der Waals surface area contributed by atoms with Crippen LogP contribution < -0.4 is 5.32 Å². The number of ether oxygens (including phenoxy) is 2. The molecule has 0 spiro atoms. The second-order valence-electron chi connectivity index (χ2n) is 2.95. The third kappa shape index (κ3) is 4.80. The van der Waals surface area contributed by atoms with Gasteiger partial charge >= 0.3 is 0 Å². The maximum Gasteiger partial charge on any atom is 0.292 e. The minimum absolute atomic E-state index is 0.0419. The van der Waals surface area contributed by atoms with Crippen LogP contribution in [0, 0.1) is 0 Å². The Morgan fingerprint density at radius 2 is 2.31 bits per heavy atom. The summed E-state index contributed by atoms with van der Waals surface area (Å²) in [5.41, 5.74) is 0. The Bertz CT molecular complexity index is 290. The monoisotopic (exact) mass is 229 g/mol. The van der Waals surface area contributed by atoms with Crippen molar-refractivity contribution in [3.8, 4) is 0 Å². The Kier molecular flexibility index (Phi) is 6.04. The van der Waals surface area contributed by atoms with Crippen LogP contribution in [0.5, 0.6) is 0 Å². The Morgan fingerprint density at radius 1 is 1.44 bits per heavy atom. The van der Waals surface area contributed by atoms with Gasteiger partial charge in [0.25, 0.3) is 11.7 Å². The highest BCUT2D eigenvalue weighted by atomic mass is 16.5. The Hall–Kier alpha value is -1.54. The van der Waals surface area contributed by atoms with Crippen molar-refractivity contribution in [2.45, 2.75) is 6.42 Å². The number of carbonyl (C=O) groups is 1. The van der Waals surface area contributed by atoms with Gasteiger partial charge in [0.05, 0.1) is 13.2 Å². The largest absolute Gasteiger partial charge is 0.382 e. The highest BCUT2D eigenvalue weighted by Crippen LogP contribution is 1.85. The van der Waals surface area contributed by atoms with Crippen LogP contribution in [-0.4, -0.2) is 60.0 Å². The van der Waals surface area contributed by atoms with Gasteiger partial charge in [0, 0.05) is 20.3 Å². The summed E-state index contributed by atoms with van der Waals surface area (Å²) in [6, 6.07) is 0. The molecule has 1 aromatic rings. The van der Waals surface area contributed by atoms with Crippen LogP contribution in [-0.2, 0) is 9.47 Å². The zero-order chi connectivity index (χ0) is 11.6. The lowest BCUT2D eigenvalue weighted by molar-refractivity contribution is 0.0688. The number of H-pyrrole nitrogens is 1. The molecule has 1 aromatic heterocycles. The molecule has 0 fully saturated rings. The molecule has 1 amide bonds. The van der Waals surface area contributed by atoms with Gasteiger partial charge in [-0.3, -0.25) is 4.79 Å². The second kappa shape index (κ2) is 7.71. The summed E-state index contributed by atoms with van der Waals surface area (Å²) in [5.74, 6) is -0.300. The van der Waals surface area contributed by atoms with Crippen LogP contribution in [0.4, 0.5) is 0 Å². The molecule has 8 nitrogen and oxygen atoms in total. The molecule has 0 bridgehead atoms. The predicted molar refractivity (Wildman–Crippen MR) is 53.8 cm³/mol. The third-order valence-electron chi connectivity index (χ3n) is 1.73. The van der Waals surface area contributed by atoms with Crippen molar-refractivity contribution in [2.75, 3.05) is 33.5 Å². The van der Waals surface area contributed by atoms with E-state index < -0.39 is 0 Å². The zero-order valence-corrected chi connectivity index (χ0v) is 9.10. The quantitative estimate of drug-likeness (QED) is 0.553. The van der Waals surface area contributed by atoms with Gasteiger partial charge in [0.2, 0.25) is 0 Å². The number of aromatic nitrogens is 4. The van der Waals surface area contributed by atoms with Gasteiger partial charge in [-0.15, -0.1) is 10.2 Å². The fourth-order valence-corrected chi connectivity index (χ4v) is 0.958. The molecule has 1 rings (SSSR count). The van der Waals surface area contributed by atoms with E-state index in [-0.39, 0.29) is 11.7 Å². The lowest BCUT2D eigenvalue weighted by Crippen LogP contribution is -2.26. The number of hydrogen-bond acceptors (Lipinski definition) is 6. The van der Waals surface area contributed by atoms with Crippen molar-refractivity contribution in [2.24, 2.45) is 0 Å². The Balaban J connectivity index is 1.97. The summed E-state index contributed by atoms with van der Waals surface area (Å²) in [7, 11) is 1.62. The number of hydrogen-bond donors (Lipinski definition) is 2. The second-order valence-corrected chi connectivity index (χ2v) is 2.95. The summed E-state index contributed by atoms with van der Waals surface area (Å²) in [4.78, 5) is 11.3. The number of rotatable bonds is 8. The number of carbonyl (C=O) groups excluding carboxylic acids is 1. The third-order valence-corrected chi connectivity index (χ3v) is 1.73. The highest BCUT2D eigenvalue weighted by Gasteiger charge is 2.08. The van der Waals surface area contributed by atoms with Gasteiger partial charge in [-0.2, -0.15) is 5.21 Å². The summed E-state index contributed by atoms with van der Waals surface area (Å²) in [5, 5.41) is 15.2. The van der Waals surface area contributed by atoms with Crippen LogP contribution in [0.25, 0.3) is 0 Å². The Labute approximate surface area is 92.7 Å². The van der Waals surface area contributed by atoms with E-state index in [1.54, 1.807) is 7.11 Å². The molecule has 8 heteroatoms. The Morgan fingerprint density at radius 3 is 3.00 bits per heavy atom. The van der Waals surface area contributed by atoms with Gasteiger partial charge in [-0.25, -0.2) is 0 Å². The fraction of sp³-hybridized carbons (Fsp3) is 0.750. The average molecular weight is 229 g/mol. The summed E-state index contributed by atoms with van der Waals surface area (Å²) < 4.78 is 10.0. The molecule has 0 unspecified atom stereocenters. The highest BCUT2D eigenvalue weighted by molar-refractivity contribution is 5.89. The molecule has 2 N–H and O–H groups in total. The first-order valence-electron chi connectivity index (χ1n) is 4.93. The van der Waals surface area contributed by atoms with Crippen molar-refractivity contribution in [1.82, 2.24) is 25.9 Å². The molecule has 0 aliphatic carbocycles. The lowest BCUT2D eigenvalue weighted by Gasteiger charge is -2.03. The SMILES string of the molecule is COCCOCCCNC(=O)c1nn[nH]n1. The standard InChI is InChI=1S/C8H15N5O3/c1-15-5-6-16-4-2-3-9-8(14)7-10-12-13-11-7/h2-6H2,1H3,(H,9,14)(H,10,11,12,13). The molecule has 1 heterocycles. The van der Waals surface area contributed by atoms with Gasteiger partial charge in [-0.1, -0.05) is 0 Å². The minimum atomic E-state index is -0.342. The number of amides is 1. The number of nitrogens with one attached hydrogen (secondary N) is 2. The molecular weight excluding hydrogens is 214 g/mol. The van der Waals surface area contributed by atoms with Crippen LogP contribution in [0.15, 0.2) is 0 Å². The predicted octanol–water partition coefficient (Wildman–Crippen LogP) is -1.02. The van der Waals surface area contributed by atoms with Gasteiger partial charge in [-0.05, 0) is 11.6 Å². The fourth-order valence-electron chi connectivity index (χ4n) is 0.958. The summed E-state index contributed by atoms with van der Waals surface area (Å²) in [6.45, 7) is 2.24. The van der Waals surface area contributed by atoms with Gasteiger partial charge in [0.15, 0.2) is 0 Å². The molecule has 0 atom stereocenters. The van der Waals surface area contributed by atoms with Crippen LogP contribution in [0.2, 0.25) is 0 Å². The van der Waals surface area contributed by atoms with Gasteiger partial charge in [0.1, 0.15) is 0 Å². The summed E-state index contributed by atoms with van der Waals surface area (Å²) >= 11 is 0. The van der Waals surface area contributed by atoms with Crippen molar-refractivity contribution in [1.29, 1.82) is 0 Å². The lowest BCUT2D eigenvalue weighted by atomic mass is 10.4. The van der Waals surface area contributed by atoms with Crippen LogP contribution >= 0.6 is 0 Å². The molecule has 0 saturated carbocycles. The number of methoxy groups -OCH3 is 1. The van der Waals surface area contributed by atoms with Crippen molar-refractivity contribution in [3.63, 3.8) is 0 Å². The molecule has 16 heavy (non-hydrogen) atoms. The maximum absolute atomic E-state index is 11.3. The van der Waals surface area contributed by atoms with E-state index in [2.05, 4.69) is 25.9 Å². The number of tetrazole rings is 1. The van der Waals surface area contributed by atoms with E-state index in [1.165, 1.54) is 0 Å². The van der Waals surface area contributed by atoms with Crippen LogP contribution in [0.1, 0.15) is 17.0 Å². The van der Waals surface area contributed by atoms with E-state index >= 15 is 0 Å². The van der Waals surface area contributed by atoms with E-state index in [4.69, 9.17) is 9.47 Å². The first kappa shape index (κ1) is 12.5. The molecule has 0 aromatic carbocycles. The number of nitrogens with zero attached hydrogens (tertiary/aromatic N) is 3. The molecule has 0 aliphatic rings. The molecule has 90 valence electrons. The minimum Gasteiger partial charge on any atom is -0.382 e. The first-order chi connectivity index (χ1) is 7.84. The average Bonchev–Trinajstić information content (AvgIpc) is 2.81. The number of aromatic amines is 1. The first-order valence-corrected chi connectivity index (χ1v) is 4.93. The van der Waals surface area contributed by atoms with Crippen LogP contribution in [0.3, 0.4) is 0 Å². The normalized spacial score (nSPS) is 10.3. The van der Waals surface area contributed by atoms with E-state index in [0.717, 1.165) is 6.42 Å².